The van der Waals surface area contributed by atoms with Gasteiger partial charge in [-0.3, -0.25) is 20.3 Å². The SMILES string of the molecule is CC1(N(CC(=O)O)C(=O)[C@@](N)(Cc2cccc(C(=N)N)c2)S(=O)(=O)c2ccc3ccccc3c2)CCCCN1. The quantitative estimate of drug-likeness (QED) is 0.198. The molecule has 0 saturated carbocycles. The first-order chi connectivity index (χ1) is 18.4. The molecule has 206 valence electrons. The molecule has 3 aromatic carbocycles. The number of carbonyl (C=O) groups excluding carboxylic acids is 1. The molecule has 1 aliphatic heterocycles. The maximum Gasteiger partial charge on any atom is 0.323 e. The number of benzene rings is 3. The number of amidine groups is 1. The van der Waals surface area contributed by atoms with Crippen molar-refractivity contribution in [2.24, 2.45) is 11.5 Å². The van der Waals surface area contributed by atoms with E-state index in [0.717, 1.165) is 23.1 Å². The van der Waals surface area contributed by atoms with Crippen molar-refractivity contribution in [1.82, 2.24) is 10.2 Å². The summed E-state index contributed by atoms with van der Waals surface area (Å²) in [6, 6.07) is 18.0. The fourth-order valence-corrected chi connectivity index (χ4v) is 6.73. The summed E-state index contributed by atoms with van der Waals surface area (Å²) in [6.45, 7) is 1.49. The molecule has 0 radical (unpaired) electrons. The maximum atomic E-state index is 14.4. The smallest absolute Gasteiger partial charge is 0.323 e. The van der Waals surface area contributed by atoms with Crippen molar-refractivity contribution < 1.29 is 23.1 Å². The first-order valence-corrected chi connectivity index (χ1v) is 14.1. The van der Waals surface area contributed by atoms with Crippen LogP contribution in [0.4, 0.5) is 0 Å². The minimum Gasteiger partial charge on any atom is -0.480 e. The van der Waals surface area contributed by atoms with E-state index in [2.05, 4.69) is 5.32 Å². The van der Waals surface area contributed by atoms with E-state index in [9.17, 15) is 23.1 Å². The van der Waals surface area contributed by atoms with Crippen LogP contribution in [-0.2, 0) is 25.8 Å². The summed E-state index contributed by atoms with van der Waals surface area (Å²) in [7, 11) is -4.59. The Labute approximate surface area is 227 Å². The second kappa shape index (κ2) is 10.8. The number of nitrogens with two attached hydrogens (primary N) is 2. The van der Waals surface area contributed by atoms with Crippen molar-refractivity contribution in [1.29, 1.82) is 5.41 Å². The first-order valence-electron chi connectivity index (χ1n) is 12.6. The van der Waals surface area contributed by atoms with E-state index in [0.29, 0.717) is 29.5 Å². The fraction of sp³-hybridized carbons (Fsp3) is 0.321. The highest BCUT2D eigenvalue weighted by atomic mass is 32.2. The van der Waals surface area contributed by atoms with Gasteiger partial charge in [-0.05, 0) is 67.3 Å². The molecule has 0 aliphatic carbocycles. The van der Waals surface area contributed by atoms with Crippen LogP contribution < -0.4 is 16.8 Å². The lowest BCUT2D eigenvalue weighted by Crippen LogP contribution is -2.70. The van der Waals surface area contributed by atoms with Crippen LogP contribution in [0.1, 0.15) is 37.3 Å². The number of piperidine rings is 1. The Morgan fingerprint density at radius 3 is 2.44 bits per heavy atom. The van der Waals surface area contributed by atoms with Gasteiger partial charge in [0.05, 0.1) is 10.6 Å². The van der Waals surface area contributed by atoms with Crippen LogP contribution in [0.5, 0.6) is 0 Å². The number of carboxylic acid groups (broad SMARTS) is 1. The Bertz CT molecular complexity index is 1530. The number of nitrogen functional groups attached to an aromatic ring is 1. The van der Waals surface area contributed by atoms with Crippen molar-refractivity contribution >= 4 is 38.3 Å². The van der Waals surface area contributed by atoms with E-state index in [1.165, 1.54) is 18.2 Å². The average molecular weight is 552 g/mol. The lowest BCUT2D eigenvalue weighted by molar-refractivity contribution is -0.153. The Morgan fingerprint density at radius 2 is 1.79 bits per heavy atom. The molecule has 1 aliphatic rings. The third kappa shape index (κ3) is 5.51. The molecule has 3 aromatic rings. The maximum absolute atomic E-state index is 14.4. The number of nitrogens with zero attached hydrogens (tertiary/aromatic N) is 1. The largest absolute Gasteiger partial charge is 0.480 e. The summed E-state index contributed by atoms with van der Waals surface area (Å²) in [5.74, 6) is -2.54. The van der Waals surface area contributed by atoms with Gasteiger partial charge in [0.25, 0.3) is 5.91 Å². The zero-order valence-corrected chi connectivity index (χ0v) is 22.5. The minimum absolute atomic E-state index is 0.156. The molecule has 11 heteroatoms. The average Bonchev–Trinajstić information content (AvgIpc) is 2.91. The Kier molecular flexibility index (Phi) is 7.78. The van der Waals surface area contributed by atoms with Crippen molar-refractivity contribution in [2.75, 3.05) is 13.1 Å². The monoisotopic (exact) mass is 551 g/mol. The number of rotatable bonds is 9. The molecule has 1 amide bonds. The summed E-state index contributed by atoms with van der Waals surface area (Å²) in [6.07, 6.45) is 1.53. The molecule has 0 spiro atoms. The number of fused-ring (bicyclic) bond motifs is 1. The van der Waals surface area contributed by atoms with Gasteiger partial charge in [0.2, 0.25) is 14.7 Å². The second-order valence-electron chi connectivity index (χ2n) is 10.1. The molecule has 7 N–H and O–H groups in total. The molecule has 1 saturated heterocycles. The van der Waals surface area contributed by atoms with Gasteiger partial charge in [0.15, 0.2) is 0 Å². The van der Waals surface area contributed by atoms with Gasteiger partial charge in [-0.2, -0.15) is 0 Å². The Hall–Kier alpha value is -3.80. The lowest BCUT2D eigenvalue weighted by Gasteiger charge is -2.46. The normalized spacial score (nSPS) is 19.2. The molecule has 10 nitrogen and oxygen atoms in total. The molecule has 1 fully saturated rings. The summed E-state index contributed by atoms with van der Waals surface area (Å²) in [5.41, 5.74) is 11.9. The Balaban J connectivity index is 1.89. The van der Waals surface area contributed by atoms with E-state index in [1.807, 2.05) is 12.1 Å². The highest BCUT2D eigenvalue weighted by Gasteiger charge is 2.53. The van der Waals surface area contributed by atoms with Gasteiger partial charge >= 0.3 is 5.97 Å². The fourth-order valence-electron chi connectivity index (χ4n) is 5.09. The highest BCUT2D eigenvalue weighted by Crippen LogP contribution is 2.33. The van der Waals surface area contributed by atoms with Gasteiger partial charge in [-0.1, -0.05) is 48.5 Å². The molecule has 0 aromatic heterocycles. The van der Waals surface area contributed by atoms with E-state index in [-0.39, 0.29) is 10.7 Å². The van der Waals surface area contributed by atoms with Crippen LogP contribution in [0.25, 0.3) is 10.8 Å². The summed E-state index contributed by atoms with van der Waals surface area (Å²) < 4.78 is 28.7. The van der Waals surface area contributed by atoms with Crippen molar-refractivity contribution in [3.8, 4) is 0 Å². The number of hydrogen-bond acceptors (Lipinski definition) is 7. The van der Waals surface area contributed by atoms with Crippen LogP contribution in [0.2, 0.25) is 0 Å². The van der Waals surface area contributed by atoms with Crippen molar-refractivity contribution in [3.63, 3.8) is 0 Å². The third-order valence-corrected chi connectivity index (χ3v) is 9.46. The number of hydrogen-bond donors (Lipinski definition) is 5. The number of nitrogens with one attached hydrogen (secondary N) is 2. The van der Waals surface area contributed by atoms with E-state index in [4.69, 9.17) is 16.9 Å². The van der Waals surface area contributed by atoms with Gasteiger partial charge in [-0.15, -0.1) is 0 Å². The number of aliphatic carboxylic acids is 1. The van der Waals surface area contributed by atoms with Gasteiger partial charge < -0.3 is 21.5 Å². The third-order valence-electron chi connectivity index (χ3n) is 7.31. The first kappa shape index (κ1) is 28.2. The molecule has 4 rings (SSSR count). The van der Waals surface area contributed by atoms with Crippen LogP contribution in [-0.4, -0.2) is 59.8 Å². The van der Waals surface area contributed by atoms with Crippen molar-refractivity contribution in [2.45, 2.75) is 48.0 Å². The van der Waals surface area contributed by atoms with Crippen LogP contribution in [0, 0.1) is 5.41 Å². The topological polar surface area (TPSA) is 180 Å². The predicted molar refractivity (Wildman–Crippen MR) is 149 cm³/mol. The number of amides is 1. The van der Waals surface area contributed by atoms with Gasteiger partial charge in [0, 0.05) is 12.0 Å². The number of carboxylic acids is 1. The molecular formula is C28H33N5O5S. The van der Waals surface area contributed by atoms with Crippen LogP contribution in [0.15, 0.2) is 71.6 Å². The van der Waals surface area contributed by atoms with Crippen LogP contribution in [0.3, 0.4) is 0 Å². The molecular weight excluding hydrogens is 518 g/mol. The van der Waals surface area contributed by atoms with Gasteiger partial charge in [-0.25, -0.2) is 8.42 Å². The van der Waals surface area contributed by atoms with E-state index >= 15 is 0 Å². The number of sulfone groups is 1. The van der Waals surface area contributed by atoms with E-state index in [1.54, 1.807) is 43.3 Å². The summed E-state index contributed by atoms with van der Waals surface area (Å²) >= 11 is 0. The molecule has 1 unspecified atom stereocenters. The second-order valence-corrected chi connectivity index (χ2v) is 12.3. The van der Waals surface area contributed by atoms with E-state index < -0.39 is 45.2 Å². The summed E-state index contributed by atoms with van der Waals surface area (Å²) in [4.78, 5) is 24.6. The lowest BCUT2D eigenvalue weighted by atomic mass is 9.95. The van der Waals surface area contributed by atoms with Gasteiger partial charge in [0.1, 0.15) is 12.4 Å². The van der Waals surface area contributed by atoms with Crippen LogP contribution >= 0.6 is 0 Å². The standard InChI is InChI=1S/C28H33N5O5S/c1-27(13-4-5-14-32-27)33(18-24(34)35)26(36)28(31,17-19-7-6-10-22(15-19)25(29)30)39(37,38)23-12-11-20-8-2-3-9-21(20)16-23/h2-3,6-12,15-16,32H,4-5,13-14,17-18,31H2,1H3,(H3,29,30)(H,34,35)/t27?,28-/m1/s1. The molecule has 1 heterocycles. The molecule has 2 atom stereocenters. The minimum atomic E-state index is -4.59. The number of carbonyl (C=O) groups is 2. The zero-order chi connectivity index (χ0) is 28.4. The Morgan fingerprint density at radius 1 is 1.08 bits per heavy atom. The summed E-state index contributed by atoms with van der Waals surface area (Å²) in [5, 5.41) is 22.1. The van der Waals surface area contributed by atoms with Crippen molar-refractivity contribution in [3.05, 3.63) is 77.9 Å². The molecule has 0 bridgehead atoms. The molecule has 39 heavy (non-hydrogen) atoms. The predicted octanol–water partition coefficient (Wildman–Crippen LogP) is 2.20. The highest BCUT2D eigenvalue weighted by molar-refractivity contribution is 7.93. The zero-order valence-electron chi connectivity index (χ0n) is 21.7.